The van der Waals surface area contributed by atoms with E-state index in [4.69, 9.17) is 0 Å². The first-order valence-electron chi connectivity index (χ1n) is 6.06. The fourth-order valence-corrected chi connectivity index (χ4v) is 2.49. The van der Waals surface area contributed by atoms with Crippen molar-refractivity contribution in [3.05, 3.63) is 35.1 Å². The van der Waals surface area contributed by atoms with Gasteiger partial charge in [0, 0.05) is 16.4 Å². The summed E-state index contributed by atoms with van der Waals surface area (Å²) in [5.41, 5.74) is 0.652. The number of carbonyl (C=O) groups excluding carboxylic acids is 1. The molecule has 1 N–H and O–H groups in total. The molecule has 1 unspecified atom stereocenters. The quantitative estimate of drug-likeness (QED) is 0.822. The van der Waals surface area contributed by atoms with Crippen molar-refractivity contribution in [2.45, 2.75) is 39.2 Å². The van der Waals surface area contributed by atoms with E-state index in [0.717, 1.165) is 18.2 Å². The van der Waals surface area contributed by atoms with Crippen LogP contribution in [-0.2, 0) is 0 Å². The molecule has 0 saturated carbocycles. The molecule has 1 aromatic rings. The smallest absolute Gasteiger partial charge is 0.251 e. The highest BCUT2D eigenvalue weighted by molar-refractivity contribution is 9.09. The highest BCUT2D eigenvalue weighted by Gasteiger charge is 2.24. The van der Waals surface area contributed by atoms with Gasteiger partial charge in [-0.3, -0.25) is 4.79 Å². The molecule has 18 heavy (non-hydrogen) atoms. The molecule has 2 nitrogen and oxygen atoms in total. The molecule has 0 fully saturated rings. The second-order valence-corrected chi connectivity index (χ2v) is 5.56. The van der Waals surface area contributed by atoms with Crippen molar-refractivity contribution in [2.75, 3.05) is 5.33 Å². The van der Waals surface area contributed by atoms with Crippen LogP contribution in [0.4, 0.5) is 4.39 Å². The molecule has 0 aliphatic carbocycles. The van der Waals surface area contributed by atoms with Crippen LogP contribution in [-0.4, -0.2) is 16.8 Å². The molecule has 0 aliphatic rings. The number of rotatable bonds is 5. The number of benzene rings is 1. The van der Waals surface area contributed by atoms with Gasteiger partial charge < -0.3 is 5.32 Å². The zero-order valence-electron chi connectivity index (χ0n) is 11.0. The summed E-state index contributed by atoms with van der Waals surface area (Å²) in [6.07, 6.45) is 1.67. The van der Waals surface area contributed by atoms with Crippen LogP contribution in [0.25, 0.3) is 0 Å². The average Bonchev–Trinajstić information content (AvgIpc) is 2.32. The highest BCUT2D eigenvalue weighted by atomic mass is 79.9. The first-order valence-corrected chi connectivity index (χ1v) is 7.18. The molecule has 100 valence electrons. The van der Waals surface area contributed by atoms with Crippen LogP contribution in [0, 0.1) is 12.7 Å². The molecule has 1 rings (SSSR count). The van der Waals surface area contributed by atoms with Gasteiger partial charge >= 0.3 is 0 Å². The zero-order valence-corrected chi connectivity index (χ0v) is 12.6. The van der Waals surface area contributed by atoms with Gasteiger partial charge in [0.1, 0.15) is 5.82 Å². The molecule has 0 bridgehead atoms. The normalized spacial score (nSPS) is 14.1. The molecule has 0 spiro atoms. The Bertz CT molecular complexity index is 436. The first-order chi connectivity index (χ1) is 8.41. The largest absolute Gasteiger partial charge is 0.347 e. The van der Waals surface area contributed by atoms with Crippen LogP contribution in [0.5, 0.6) is 0 Å². The van der Waals surface area contributed by atoms with Crippen LogP contribution in [0.2, 0.25) is 0 Å². The van der Waals surface area contributed by atoms with Gasteiger partial charge in [0.15, 0.2) is 0 Å². The molecule has 0 saturated heterocycles. The predicted octanol–water partition coefficient (Wildman–Crippen LogP) is 3.82. The Kier molecular flexibility index (Phi) is 5.32. The van der Waals surface area contributed by atoms with Gasteiger partial charge in [-0.2, -0.15) is 0 Å². The third-order valence-corrected chi connectivity index (χ3v) is 3.67. The van der Waals surface area contributed by atoms with Crippen molar-refractivity contribution in [3.63, 3.8) is 0 Å². The first kappa shape index (κ1) is 15.2. The van der Waals surface area contributed by atoms with E-state index in [2.05, 4.69) is 21.2 Å². The number of halogens is 2. The van der Waals surface area contributed by atoms with Crippen molar-refractivity contribution < 1.29 is 9.18 Å². The fraction of sp³-hybridized carbons (Fsp3) is 0.500. The molecule has 0 heterocycles. The van der Waals surface area contributed by atoms with Crippen molar-refractivity contribution in [2.24, 2.45) is 0 Å². The summed E-state index contributed by atoms with van der Waals surface area (Å²) < 4.78 is 13.4. The summed E-state index contributed by atoms with van der Waals surface area (Å²) in [6, 6.07) is 4.56. The maximum atomic E-state index is 13.4. The van der Waals surface area contributed by atoms with E-state index in [9.17, 15) is 9.18 Å². The van der Waals surface area contributed by atoms with Gasteiger partial charge in [-0.15, -0.1) is 0 Å². The Labute approximate surface area is 116 Å². The van der Waals surface area contributed by atoms with Crippen molar-refractivity contribution in [1.29, 1.82) is 0 Å². The maximum absolute atomic E-state index is 13.4. The van der Waals surface area contributed by atoms with Crippen LogP contribution in [0.1, 0.15) is 42.6 Å². The van der Waals surface area contributed by atoms with Crippen LogP contribution in [0.15, 0.2) is 18.2 Å². The molecule has 0 aromatic heterocycles. The number of hydrogen-bond donors (Lipinski definition) is 1. The second-order valence-electron chi connectivity index (χ2n) is 4.77. The number of hydrogen-bond acceptors (Lipinski definition) is 1. The van der Waals surface area contributed by atoms with Crippen molar-refractivity contribution in [1.82, 2.24) is 5.32 Å². The van der Waals surface area contributed by atoms with E-state index < -0.39 is 0 Å². The van der Waals surface area contributed by atoms with E-state index in [1.54, 1.807) is 19.1 Å². The maximum Gasteiger partial charge on any atom is 0.251 e. The van der Waals surface area contributed by atoms with E-state index in [1.165, 1.54) is 6.07 Å². The Balaban J connectivity index is 2.84. The summed E-state index contributed by atoms with van der Waals surface area (Å²) in [7, 11) is 0. The number of amides is 1. The molecule has 1 amide bonds. The summed E-state index contributed by atoms with van der Waals surface area (Å²) in [5, 5.41) is 3.79. The SMILES string of the molecule is CCC(C)(CCBr)NC(=O)c1ccc(C)c(F)c1. The topological polar surface area (TPSA) is 29.1 Å². The number of alkyl halides is 1. The summed E-state index contributed by atoms with van der Waals surface area (Å²) in [6.45, 7) is 5.70. The third-order valence-electron chi connectivity index (χ3n) is 3.28. The van der Waals surface area contributed by atoms with E-state index in [-0.39, 0.29) is 17.3 Å². The summed E-state index contributed by atoms with van der Waals surface area (Å²) in [4.78, 5) is 12.1. The lowest BCUT2D eigenvalue weighted by Crippen LogP contribution is -2.45. The molecule has 4 heteroatoms. The van der Waals surface area contributed by atoms with Gasteiger partial charge in [0.05, 0.1) is 0 Å². The van der Waals surface area contributed by atoms with Crippen molar-refractivity contribution >= 4 is 21.8 Å². The van der Waals surface area contributed by atoms with Crippen LogP contribution < -0.4 is 5.32 Å². The Morgan fingerprint density at radius 2 is 2.17 bits per heavy atom. The van der Waals surface area contributed by atoms with Crippen molar-refractivity contribution in [3.8, 4) is 0 Å². The lowest BCUT2D eigenvalue weighted by molar-refractivity contribution is 0.0901. The molecular weight excluding hydrogens is 297 g/mol. The van der Waals surface area contributed by atoms with Crippen LogP contribution in [0.3, 0.4) is 0 Å². The van der Waals surface area contributed by atoms with Gasteiger partial charge in [0.25, 0.3) is 5.91 Å². The molecule has 0 radical (unpaired) electrons. The highest BCUT2D eigenvalue weighted by Crippen LogP contribution is 2.17. The molecule has 1 atom stereocenters. The molecule has 0 aliphatic heterocycles. The second kappa shape index (κ2) is 6.32. The molecule has 1 aromatic carbocycles. The van der Waals surface area contributed by atoms with E-state index in [0.29, 0.717) is 11.1 Å². The number of aryl methyl sites for hydroxylation is 1. The zero-order chi connectivity index (χ0) is 13.8. The van der Waals surface area contributed by atoms with Gasteiger partial charge in [-0.1, -0.05) is 28.9 Å². The lowest BCUT2D eigenvalue weighted by atomic mass is 9.95. The lowest BCUT2D eigenvalue weighted by Gasteiger charge is -2.29. The van der Waals surface area contributed by atoms with Gasteiger partial charge in [-0.25, -0.2) is 4.39 Å². The molecular formula is C14H19BrFNO. The van der Waals surface area contributed by atoms with E-state index in [1.807, 2.05) is 13.8 Å². The summed E-state index contributed by atoms with van der Waals surface area (Å²) >= 11 is 3.38. The minimum atomic E-state index is -0.346. The number of carbonyl (C=O) groups is 1. The number of nitrogens with one attached hydrogen (secondary N) is 1. The van der Waals surface area contributed by atoms with Crippen LogP contribution >= 0.6 is 15.9 Å². The predicted molar refractivity (Wildman–Crippen MR) is 75.7 cm³/mol. The third kappa shape index (κ3) is 3.80. The van der Waals surface area contributed by atoms with Gasteiger partial charge in [-0.05, 0) is 44.4 Å². The van der Waals surface area contributed by atoms with Gasteiger partial charge in [0.2, 0.25) is 0 Å². The average molecular weight is 316 g/mol. The minimum absolute atomic E-state index is 0.223. The Hall–Kier alpha value is -0.900. The Morgan fingerprint density at radius 3 is 2.67 bits per heavy atom. The fourth-order valence-electron chi connectivity index (χ4n) is 1.62. The Morgan fingerprint density at radius 1 is 1.50 bits per heavy atom. The minimum Gasteiger partial charge on any atom is -0.347 e. The standard InChI is InChI=1S/C14H19BrFNO/c1-4-14(3,7-8-15)17-13(18)11-6-5-10(2)12(16)9-11/h5-6,9H,4,7-8H2,1-3H3,(H,17,18). The summed E-state index contributed by atoms with van der Waals surface area (Å²) in [5.74, 6) is -0.569. The van der Waals surface area contributed by atoms with E-state index >= 15 is 0 Å². The monoisotopic (exact) mass is 315 g/mol.